The van der Waals surface area contributed by atoms with Crippen molar-refractivity contribution in [3.05, 3.63) is 35.5 Å². The Hall–Kier alpha value is -0.990. The molecular weight excluding hydrogens is 177 g/mol. The van der Waals surface area contributed by atoms with Gasteiger partial charge in [0.15, 0.2) is 0 Å². The Labute approximate surface area is 76.5 Å². The van der Waals surface area contributed by atoms with Crippen LogP contribution in [0.1, 0.15) is 20.8 Å². The Morgan fingerprint density at radius 2 is 1.62 bits per heavy atom. The van der Waals surface area contributed by atoms with E-state index in [0.29, 0.717) is 0 Å². The lowest BCUT2D eigenvalue weighted by atomic mass is 10.2. The third-order valence-electron chi connectivity index (χ3n) is 1.47. The van der Waals surface area contributed by atoms with Crippen LogP contribution in [0.2, 0.25) is 0 Å². The van der Waals surface area contributed by atoms with Gasteiger partial charge in [0.1, 0.15) is 0 Å². The highest BCUT2D eigenvalue weighted by atomic mass is 19.4. The summed E-state index contributed by atoms with van der Waals surface area (Å²) in [5, 5.41) is 0. The molecule has 0 saturated carbocycles. The molecule has 0 radical (unpaired) electrons. The maximum absolute atomic E-state index is 12.0. The first kappa shape index (κ1) is 12.0. The van der Waals surface area contributed by atoms with Crippen molar-refractivity contribution >= 4 is 0 Å². The van der Waals surface area contributed by atoms with Crippen molar-refractivity contribution in [2.75, 3.05) is 0 Å². The van der Waals surface area contributed by atoms with Crippen molar-refractivity contribution in [2.45, 2.75) is 26.9 Å². The van der Waals surface area contributed by atoms with E-state index in [9.17, 15) is 13.2 Å². The fourth-order valence-electron chi connectivity index (χ4n) is 0.669. The summed E-state index contributed by atoms with van der Waals surface area (Å²) < 4.78 is 35.9. The van der Waals surface area contributed by atoms with Gasteiger partial charge in [-0.05, 0) is 20.8 Å². The average Bonchev–Trinajstić information content (AvgIpc) is 1.99. The second-order valence-electron chi connectivity index (χ2n) is 2.76. The lowest BCUT2D eigenvalue weighted by molar-refractivity contribution is -0.0912. The molecule has 0 bridgehead atoms. The van der Waals surface area contributed by atoms with Crippen LogP contribution in [0.15, 0.2) is 35.5 Å². The number of hydrogen-bond acceptors (Lipinski definition) is 0. The minimum Gasteiger partial charge on any atom is -0.166 e. The summed E-state index contributed by atoms with van der Waals surface area (Å²) in [6.45, 7) is 4.62. The van der Waals surface area contributed by atoms with Gasteiger partial charge in [-0.3, -0.25) is 0 Å². The molecule has 0 aromatic carbocycles. The molecule has 3 heteroatoms. The van der Waals surface area contributed by atoms with Crippen LogP contribution < -0.4 is 0 Å². The van der Waals surface area contributed by atoms with Gasteiger partial charge in [-0.2, -0.15) is 13.2 Å². The van der Waals surface area contributed by atoms with E-state index in [-0.39, 0.29) is 0 Å². The van der Waals surface area contributed by atoms with Crippen LogP contribution in [-0.2, 0) is 0 Å². The lowest BCUT2D eigenvalue weighted by Gasteiger charge is -2.04. The smallest absolute Gasteiger partial charge is 0.166 e. The zero-order valence-electron chi connectivity index (χ0n) is 7.94. The highest BCUT2D eigenvalue weighted by Gasteiger charge is 2.29. The largest absolute Gasteiger partial charge is 0.412 e. The van der Waals surface area contributed by atoms with Crippen molar-refractivity contribution in [1.29, 1.82) is 0 Å². The van der Waals surface area contributed by atoms with E-state index in [4.69, 9.17) is 0 Å². The van der Waals surface area contributed by atoms with Gasteiger partial charge < -0.3 is 0 Å². The molecule has 13 heavy (non-hydrogen) atoms. The Bertz CT molecular complexity index is 241. The molecule has 0 aliphatic rings. The van der Waals surface area contributed by atoms with E-state index in [2.05, 4.69) is 0 Å². The van der Waals surface area contributed by atoms with Crippen LogP contribution in [0.5, 0.6) is 0 Å². The van der Waals surface area contributed by atoms with E-state index >= 15 is 0 Å². The van der Waals surface area contributed by atoms with Gasteiger partial charge in [0.2, 0.25) is 0 Å². The normalized spacial score (nSPS) is 15.5. The monoisotopic (exact) mass is 190 g/mol. The molecule has 74 valence electrons. The van der Waals surface area contributed by atoms with Crippen LogP contribution in [0.4, 0.5) is 13.2 Å². The molecule has 0 nitrogen and oxygen atoms in total. The zero-order valence-corrected chi connectivity index (χ0v) is 7.94. The predicted molar refractivity (Wildman–Crippen MR) is 48.4 cm³/mol. The summed E-state index contributed by atoms with van der Waals surface area (Å²) in [5.74, 6) is 0. The van der Waals surface area contributed by atoms with E-state index in [1.165, 1.54) is 6.08 Å². The maximum Gasteiger partial charge on any atom is 0.412 e. The molecule has 0 aromatic heterocycles. The first-order valence-corrected chi connectivity index (χ1v) is 3.93. The Morgan fingerprint density at radius 1 is 1.08 bits per heavy atom. The second-order valence-corrected chi connectivity index (χ2v) is 2.76. The van der Waals surface area contributed by atoms with Crippen molar-refractivity contribution in [3.8, 4) is 0 Å². The number of rotatable bonds is 2. The molecule has 0 heterocycles. The topological polar surface area (TPSA) is 0 Å². The van der Waals surface area contributed by atoms with Gasteiger partial charge in [-0.1, -0.05) is 29.9 Å². The molecule has 0 unspecified atom stereocenters. The number of alkyl halides is 3. The summed E-state index contributed by atoms with van der Waals surface area (Å²) in [7, 11) is 0. The van der Waals surface area contributed by atoms with E-state index < -0.39 is 11.7 Å². The fourth-order valence-corrected chi connectivity index (χ4v) is 0.669. The van der Waals surface area contributed by atoms with E-state index in [1.807, 2.05) is 6.92 Å². The number of halogens is 3. The first-order chi connectivity index (χ1) is 5.88. The third-order valence-corrected chi connectivity index (χ3v) is 1.47. The van der Waals surface area contributed by atoms with Crippen molar-refractivity contribution in [1.82, 2.24) is 0 Å². The van der Waals surface area contributed by atoms with Gasteiger partial charge in [-0.15, -0.1) is 0 Å². The standard InChI is InChI=1S/C10H13F3/c1-4-5-8(2)6-7-9(3)10(11,12)13/h4-7H,1-3H3/b5-4+,8-6-,9-7+. The predicted octanol–water partition coefficient (Wildman–Crippen LogP) is 4.02. The molecule has 0 atom stereocenters. The highest BCUT2D eigenvalue weighted by Crippen LogP contribution is 2.24. The quantitative estimate of drug-likeness (QED) is 0.577. The van der Waals surface area contributed by atoms with Crippen LogP contribution in [0.3, 0.4) is 0 Å². The Morgan fingerprint density at radius 3 is 2.00 bits per heavy atom. The molecule has 0 saturated heterocycles. The molecule has 0 aliphatic heterocycles. The van der Waals surface area contributed by atoms with Gasteiger partial charge in [-0.25, -0.2) is 0 Å². The number of allylic oxidation sites excluding steroid dienone is 6. The molecule has 0 aliphatic carbocycles. The zero-order chi connectivity index (χ0) is 10.5. The SMILES string of the molecule is C/C=C/C(C)=C\C=C(/C)C(F)(F)F. The summed E-state index contributed by atoms with van der Waals surface area (Å²) in [6.07, 6.45) is 1.84. The van der Waals surface area contributed by atoms with E-state index in [0.717, 1.165) is 18.6 Å². The van der Waals surface area contributed by atoms with Crippen LogP contribution in [0.25, 0.3) is 0 Å². The molecule has 0 spiro atoms. The minimum absolute atomic E-state index is 0.587. The maximum atomic E-state index is 12.0. The summed E-state index contributed by atoms with van der Waals surface area (Å²) in [5.41, 5.74) is 0.211. The van der Waals surface area contributed by atoms with Crippen molar-refractivity contribution < 1.29 is 13.2 Å². The van der Waals surface area contributed by atoms with Crippen molar-refractivity contribution in [3.63, 3.8) is 0 Å². The fraction of sp³-hybridized carbons (Fsp3) is 0.400. The first-order valence-electron chi connectivity index (χ1n) is 3.93. The summed E-state index contributed by atoms with van der Waals surface area (Å²) in [6, 6.07) is 0. The lowest BCUT2D eigenvalue weighted by Crippen LogP contribution is -2.08. The third kappa shape index (κ3) is 5.28. The second kappa shape index (κ2) is 4.90. The molecule has 0 aromatic rings. The number of hydrogen-bond donors (Lipinski definition) is 0. The van der Waals surface area contributed by atoms with Gasteiger partial charge in [0.25, 0.3) is 0 Å². The Balaban J connectivity index is 4.51. The molecular formula is C10H13F3. The van der Waals surface area contributed by atoms with Crippen LogP contribution >= 0.6 is 0 Å². The average molecular weight is 190 g/mol. The molecule has 0 N–H and O–H groups in total. The van der Waals surface area contributed by atoms with Crippen molar-refractivity contribution in [2.24, 2.45) is 0 Å². The highest BCUT2D eigenvalue weighted by molar-refractivity contribution is 5.24. The van der Waals surface area contributed by atoms with E-state index in [1.54, 1.807) is 19.1 Å². The molecule has 0 fully saturated rings. The molecule has 0 amide bonds. The molecule has 0 rings (SSSR count). The summed E-state index contributed by atoms with van der Waals surface area (Å²) in [4.78, 5) is 0. The minimum atomic E-state index is -4.22. The Kier molecular flexibility index (Phi) is 4.52. The van der Waals surface area contributed by atoms with Gasteiger partial charge in [0.05, 0.1) is 0 Å². The summed E-state index contributed by atoms with van der Waals surface area (Å²) >= 11 is 0. The van der Waals surface area contributed by atoms with Gasteiger partial charge >= 0.3 is 6.18 Å². The van der Waals surface area contributed by atoms with Gasteiger partial charge in [0, 0.05) is 5.57 Å². The van der Waals surface area contributed by atoms with Crippen LogP contribution in [-0.4, -0.2) is 6.18 Å². The van der Waals surface area contributed by atoms with Crippen LogP contribution in [0, 0.1) is 0 Å².